The minimum Gasteiger partial charge on any atom is -0.322 e. The lowest BCUT2D eigenvalue weighted by molar-refractivity contribution is -0.136. The molecule has 2 N–H and O–H groups in total. The van der Waals surface area contributed by atoms with Crippen molar-refractivity contribution >= 4 is 17.7 Å². The van der Waals surface area contributed by atoms with Crippen molar-refractivity contribution < 1.29 is 27.6 Å². The number of carbonyl (C=O) groups is 3. The molecule has 0 spiro atoms. The number of halogens is 3. The number of benzene rings is 1. The molecule has 0 radical (unpaired) electrons. The zero-order chi connectivity index (χ0) is 24.7. The SMILES string of the molecule is O=C1CCC(N2Cc3cc(C[C@H]4C[C@@H](F)CC[C@@H]4NC4CCC(F)(F)CC4)ccc3C2=O)C(=O)N1. The largest absolute Gasteiger partial charge is 0.322 e. The average Bonchev–Trinajstić information content (AvgIpc) is 3.12. The first-order chi connectivity index (χ1) is 16.7. The first kappa shape index (κ1) is 24.3. The van der Waals surface area contributed by atoms with E-state index in [1.807, 2.05) is 12.1 Å². The second-order valence-electron chi connectivity index (χ2n) is 10.7. The van der Waals surface area contributed by atoms with Crippen LogP contribution in [0.3, 0.4) is 0 Å². The van der Waals surface area contributed by atoms with Gasteiger partial charge in [0.25, 0.3) is 5.91 Å². The average molecular weight is 492 g/mol. The fourth-order valence-corrected chi connectivity index (χ4v) is 6.22. The molecule has 1 aromatic rings. The van der Waals surface area contributed by atoms with Crippen LogP contribution in [0.25, 0.3) is 0 Å². The Balaban J connectivity index is 1.26. The first-order valence-corrected chi connectivity index (χ1v) is 12.7. The van der Waals surface area contributed by atoms with Gasteiger partial charge in [0.1, 0.15) is 12.2 Å². The molecule has 3 amide bonds. The second-order valence-corrected chi connectivity index (χ2v) is 10.7. The zero-order valence-electron chi connectivity index (χ0n) is 19.7. The minimum absolute atomic E-state index is 0.0398. The number of amides is 3. The molecule has 9 heteroatoms. The lowest BCUT2D eigenvalue weighted by Crippen LogP contribution is -2.52. The molecule has 2 aliphatic carbocycles. The molecule has 4 atom stereocenters. The summed E-state index contributed by atoms with van der Waals surface area (Å²) in [6.45, 7) is 0.308. The predicted octanol–water partition coefficient (Wildman–Crippen LogP) is 3.66. The van der Waals surface area contributed by atoms with Crippen LogP contribution in [0.15, 0.2) is 18.2 Å². The Morgan fingerprint density at radius 3 is 2.57 bits per heavy atom. The molecular weight excluding hydrogens is 459 g/mol. The van der Waals surface area contributed by atoms with Gasteiger partial charge >= 0.3 is 0 Å². The lowest BCUT2D eigenvalue weighted by Gasteiger charge is -2.38. The number of carbonyl (C=O) groups excluding carboxylic acids is 3. The molecule has 2 heterocycles. The Bertz CT molecular complexity index is 1010. The van der Waals surface area contributed by atoms with Crippen molar-refractivity contribution in [2.45, 2.75) is 101 Å². The Hall–Kier alpha value is -2.42. The maximum atomic E-state index is 14.3. The molecular formula is C26H32F3N3O3. The zero-order valence-corrected chi connectivity index (χ0v) is 19.7. The summed E-state index contributed by atoms with van der Waals surface area (Å²) in [5.41, 5.74) is 2.40. The Morgan fingerprint density at radius 2 is 1.83 bits per heavy atom. The molecule has 0 aromatic heterocycles. The Morgan fingerprint density at radius 1 is 1.06 bits per heavy atom. The molecule has 3 fully saturated rings. The molecule has 4 aliphatic rings. The van der Waals surface area contributed by atoms with Gasteiger partial charge in [-0.25, -0.2) is 13.2 Å². The van der Waals surface area contributed by atoms with E-state index in [2.05, 4.69) is 10.6 Å². The molecule has 190 valence electrons. The van der Waals surface area contributed by atoms with Crippen LogP contribution in [0.4, 0.5) is 13.2 Å². The van der Waals surface area contributed by atoms with Crippen LogP contribution in [-0.2, 0) is 22.6 Å². The number of imide groups is 1. The number of hydrogen-bond donors (Lipinski definition) is 2. The van der Waals surface area contributed by atoms with Crippen LogP contribution in [-0.4, -0.2) is 52.8 Å². The summed E-state index contributed by atoms with van der Waals surface area (Å²) < 4.78 is 41.4. The van der Waals surface area contributed by atoms with Gasteiger partial charge in [-0.1, -0.05) is 12.1 Å². The van der Waals surface area contributed by atoms with Gasteiger partial charge in [0.2, 0.25) is 17.7 Å². The van der Waals surface area contributed by atoms with Gasteiger partial charge in [-0.2, -0.15) is 0 Å². The highest BCUT2D eigenvalue weighted by Crippen LogP contribution is 2.36. The smallest absolute Gasteiger partial charge is 0.255 e. The summed E-state index contributed by atoms with van der Waals surface area (Å²) >= 11 is 0. The monoisotopic (exact) mass is 491 g/mol. The lowest BCUT2D eigenvalue weighted by atomic mass is 9.78. The molecule has 5 rings (SSSR count). The Labute approximate surface area is 203 Å². The van der Waals surface area contributed by atoms with Crippen molar-refractivity contribution in [3.8, 4) is 0 Å². The molecule has 1 unspecified atom stereocenters. The summed E-state index contributed by atoms with van der Waals surface area (Å²) in [6, 6.07) is 5.11. The van der Waals surface area contributed by atoms with E-state index in [0.717, 1.165) is 11.1 Å². The van der Waals surface area contributed by atoms with Crippen LogP contribution in [0.2, 0.25) is 0 Å². The van der Waals surface area contributed by atoms with E-state index < -0.39 is 24.0 Å². The highest BCUT2D eigenvalue weighted by molar-refractivity contribution is 6.05. The van der Waals surface area contributed by atoms with Crippen LogP contribution >= 0.6 is 0 Å². The van der Waals surface area contributed by atoms with Gasteiger partial charge < -0.3 is 10.2 Å². The normalized spacial score (nSPS) is 31.4. The summed E-state index contributed by atoms with van der Waals surface area (Å²) in [5, 5.41) is 5.88. The molecule has 1 aromatic carbocycles. The summed E-state index contributed by atoms with van der Waals surface area (Å²) in [7, 11) is 0. The fraction of sp³-hybridized carbons (Fsp3) is 0.654. The van der Waals surface area contributed by atoms with Crippen LogP contribution < -0.4 is 10.6 Å². The van der Waals surface area contributed by atoms with E-state index in [9.17, 15) is 27.6 Å². The number of nitrogens with one attached hydrogen (secondary N) is 2. The van der Waals surface area contributed by atoms with Gasteiger partial charge in [-0.15, -0.1) is 0 Å². The minimum atomic E-state index is -2.57. The third kappa shape index (κ3) is 5.25. The van der Waals surface area contributed by atoms with Gasteiger partial charge in [-0.3, -0.25) is 19.7 Å². The number of fused-ring (bicyclic) bond motifs is 1. The predicted molar refractivity (Wildman–Crippen MR) is 123 cm³/mol. The topological polar surface area (TPSA) is 78.5 Å². The summed E-state index contributed by atoms with van der Waals surface area (Å²) in [5.74, 6) is -3.49. The highest BCUT2D eigenvalue weighted by atomic mass is 19.3. The van der Waals surface area contributed by atoms with E-state index in [1.165, 1.54) is 4.90 Å². The number of piperidine rings is 1. The molecule has 1 saturated heterocycles. The van der Waals surface area contributed by atoms with Gasteiger partial charge in [0.05, 0.1) is 0 Å². The van der Waals surface area contributed by atoms with E-state index in [1.54, 1.807) is 6.07 Å². The highest BCUT2D eigenvalue weighted by Gasteiger charge is 2.40. The van der Waals surface area contributed by atoms with Crippen LogP contribution in [0, 0.1) is 5.92 Å². The standard InChI is InChI=1S/C26H32F3N3O3/c27-18-2-4-21(30-19-7-9-26(28,29)10-8-19)16(13-18)11-15-1-3-20-17(12-15)14-32(25(20)35)22-5-6-23(33)31-24(22)34/h1,3,12,16,18-19,21-22,30H,2,4-11,13-14H2,(H,31,33,34)/t16-,18-,21-,22?/m0/s1. The molecule has 6 nitrogen and oxygen atoms in total. The van der Waals surface area contributed by atoms with E-state index in [-0.39, 0.29) is 49.1 Å². The van der Waals surface area contributed by atoms with Crippen molar-refractivity contribution in [2.24, 2.45) is 5.92 Å². The van der Waals surface area contributed by atoms with E-state index >= 15 is 0 Å². The van der Waals surface area contributed by atoms with Crippen molar-refractivity contribution in [3.63, 3.8) is 0 Å². The number of alkyl halides is 3. The maximum absolute atomic E-state index is 14.3. The first-order valence-electron chi connectivity index (χ1n) is 12.7. The third-order valence-corrected chi connectivity index (χ3v) is 8.17. The van der Waals surface area contributed by atoms with Crippen LogP contribution in [0.5, 0.6) is 0 Å². The van der Waals surface area contributed by atoms with Gasteiger partial charge in [-0.05, 0) is 68.1 Å². The Kier molecular flexibility index (Phi) is 6.63. The number of rotatable bonds is 5. The summed E-state index contributed by atoms with van der Waals surface area (Å²) in [6.07, 6.45) is 2.57. The fourth-order valence-electron chi connectivity index (χ4n) is 6.22. The molecule has 0 bridgehead atoms. The van der Waals surface area contributed by atoms with Crippen molar-refractivity contribution in [1.29, 1.82) is 0 Å². The van der Waals surface area contributed by atoms with Crippen LogP contribution in [0.1, 0.15) is 79.3 Å². The number of nitrogens with zero attached hydrogens (tertiary/aromatic N) is 1. The van der Waals surface area contributed by atoms with E-state index in [0.29, 0.717) is 57.1 Å². The van der Waals surface area contributed by atoms with E-state index in [4.69, 9.17) is 0 Å². The molecule has 2 aliphatic heterocycles. The van der Waals surface area contributed by atoms with Crippen molar-refractivity contribution in [1.82, 2.24) is 15.5 Å². The molecule has 2 saturated carbocycles. The second kappa shape index (κ2) is 9.56. The quantitative estimate of drug-likeness (QED) is 0.617. The van der Waals surface area contributed by atoms with Crippen molar-refractivity contribution in [3.05, 3.63) is 34.9 Å². The summed E-state index contributed by atoms with van der Waals surface area (Å²) in [4.78, 5) is 38.2. The van der Waals surface area contributed by atoms with Gasteiger partial charge in [0, 0.05) is 43.5 Å². The number of hydrogen-bond acceptors (Lipinski definition) is 4. The third-order valence-electron chi connectivity index (χ3n) is 8.17. The van der Waals surface area contributed by atoms with Crippen molar-refractivity contribution in [2.75, 3.05) is 0 Å². The van der Waals surface area contributed by atoms with Gasteiger partial charge in [0.15, 0.2) is 0 Å². The maximum Gasteiger partial charge on any atom is 0.255 e. The molecule has 35 heavy (non-hydrogen) atoms.